The quantitative estimate of drug-likeness (QED) is 0.740. The number of likely N-dealkylation sites (tertiary alicyclic amines) is 1. The molecule has 1 aliphatic rings. The van der Waals surface area contributed by atoms with Crippen molar-refractivity contribution in [1.29, 1.82) is 0 Å². The van der Waals surface area contributed by atoms with Crippen LogP contribution in [0, 0.1) is 12.8 Å². The number of carbonyl (C=O) groups excluding carboxylic acids is 1. The molecule has 5 nitrogen and oxygen atoms in total. The number of aromatic nitrogens is 3. The Labute approximate surface area is 147 Å². The van der Waals surface area contributed by atoms with Gasteiger partial charge in [0.2, 0.25) is 0 Å². The molecule has 1 fully saturated rings. The van der Waals surface area contributed by atoms with Crippen LogP contribution in [0.4, 0.5) is 0 Å². The van der Waals surface area contributed by atoms with E-state index in [2.05, 4.69) is 9.55 Å². The minimum absolute atomic E-state index is 0.146. The highest BCUT2D eigenvalue weighted by molar-refractivity contribution is 5.95. The van der Waals surface area contributed by atoms with Gasteiger partial charge in [0.05, 0.1) is 0 Å². The molecule has 1 amide bonds. The number of nitrogens with zero attached hydrogens (tertiary/aromatic N) is 4. The summed E-state index contributed by atoms with van der Waals surface area (Å²) >= 11 is 0. The highest BCUT2D eigenvalue weighted by atomic mass is 16.2. The molecule has 0 N–H and O–H groups in total. The van der Waals surface area contributed by atoms with Gasteiger partial charge >= 0.3 is 0 Å². The summed E-state index contributed by atoms with van der Waals surface area (Å²) in [5.41, 5.74) is 3.71. The van der Waals surface area contributed by atoms with Gasteiger partial charge in [0.25, 0.3) is 5.91 Å². The van der Waals surface area contributed by atoms with Crippen molar-refractivity contribution >= 4 is 17.1 Å². The molecule has 1 atom stereocenters. The highest BCUT2D eigenvalue weighted by Crippen LogP contribution is 2.24. The summed E-state index contributed by atoms with van der Waals surface area (Å²) in [7, 11) is 2.02. The van der Waals surface area contributed by atoms with Crippen LogP contribution in [0.3, 0.4) is 0 Å². The zero-order chi connectivity index (χ0) is 17.4. The summed E-state index contributed by atoms with van der Waals surface area (Å²) in [5, 5.41) is 0. The predicted molar refractivity (Wildman–Crippen MR) is 97.4 cm³/mol. The lowest BCUT2D eigenvalue weighted by Gasteiger charge is -2.17. The number of carbonyl (C=O) groups is 1. The Hall–Kier alpha value is -2.69. The van der Waals surface area contributed by atoms with Crippen molar-refractivity contribution in [3.8, 4) is 0 Å². The molecule has 5 heteroatoms. The van der Waals surface area contributed by atoms with Gasteiger partial charge < -0.3 is 9.47 Å². The van der Waals surface area contributed by atoms with Gasteiger partial charge in [0, 0.05) is 38.3 Å². The number of pyridine rings is 1. The van der Waals surface area contributed by atoms with Gasteiger partial charge in [-0.3, -0.25) is 4.79 Å². The Morgan fingerprint density at radius 1 is 1.24 bits per heavy atom. The second kappa shape index (κ2) is 6.31. The van der Waals surface area contributed by atoms with E-state index in [4.69, 9.17) is 4.98 Å². The molecule has 1 unspecified atom stereocenters. The topological polar surface area (TPSA) is 51.0 Å². The monoisotopic (exact) mass is 334 g/mol. The first-order valence-electron chi connectivity index (χ1n) is 8.74. The number of hydrogen-bond acceptors (Lipinski definition) is 3. The molecule has 3 heterocycles. The van der Waals surface area contributed by atoms with E-state index < -0.39 is 0 Å². The third-order valence-corrected chi connectivity index (χ3v) is 5.14. The van der Waals surface area contributed by atoms with E-state index in [0.717, 1.165) is 54.0 Å². The van der Waals surface area contributed by atoms with Crippen LogP contribution >= 0.6 is 0 Å². The summed E-state index contributed by atoms with van der Waals surface area (Å²) in [6.07, 6.45) is 3.70. The minimum Gasteiger partial charge on any atom is -0.338 e. The number of aryl methyl sites for hydroxylation is 2. The Morgan fingerprint density at radius 2 is 2.08 bits per heavy atom. The smallest absolute Gasteiger partial charge is 0.254 e. The molecule has 4 rings (SSSR count). The molecule has 128 valence electrons. The van der Waals surface area contributed by atoms with Gasteiger partial charge in [0.1, 0.15) is 11.3 Å². The second-order valence-electron chi connectivity index (χ2n) is 6.86. The minimum atomic E-state index is 0.146. The summed E-state index contributed by atoms with van der Waals surface area (Å²) in [4.78, 5) is 23.9. The lowest BCUT2D eigenvalue weighted by Crippen LogP contribution is -2.29. The third-order valence-electron chi connectivity index (χ3n) is 5.14. The van der Waals surface area contributed by atoms with Crippen LogP contribution in [-0.4, -0.2) is 38.4 Å². The standard InChI is InChI=1S/C20H22N4O/c1-14-6-3-4-7-16(14)20(25)24-11-9-15(13-24)12-18-22-17-8-5-10-21-19(17)23(18)2/h3-8,10,15H,9,11-13H2,1-2H3. The van der Waals surface area contributed by atoms with Crippen LogP contribution in [0.1, 0.15) is 28.2 Å². The summed E-state index contributed by atoms with van der Waals surface area (Å²) in [5.74, 6) is 1.64. The molecule has 25 heavy (non-hydrogen) atoms. The van der Waals surface area contributed by atoms with Crippen molar-refractivity contribution in [2.75, 3.05) is 13.1 Å². The van der Waals surface area contributed by atoms with Crippen molar-refractivity contribution in [3.63, 3.8) is 0 Å². The molecule has 1 saturated heterocycles. The summed E-state index contributed by atoms with van der Waals surface area (Å²) in [6, 6.07) is 11.7. The normalized spacial score (nSPS) is 17.4. The Balaban J connectivity index is 1.48. The summed E-state index contributed by atoms with van der Waals surface area (Å²) < 4.78 is 2.07. The van der Waals surface area contributed by atoms with Gasteiger partial charge in [-0.15, -0.1) is 0 Å². The largest absolute Gasteiger partial charge is 0.338 e. The van der Waals surface area contributed by atoms with Crippen molar-refractivity contribution in [3.05, 3.63) is 59.5 Å². The predicted octanol–water partition coefficient (Wildman–Crippen LogP) is 2.98. The van der Waals surface area contributed by atoms with E-state index >= 15 is 0 Å². The van der Waals surface area contributed by atoms with E-state index in [1.165, 1.54) is 0 Å². The zero-order valence-corrected chi connectivity index (χ0v) is 14.6. The number of amides is 1. The first kappa shape index (κ1) is 15.8. The molecule has 0 saturated carbocycles. The maximum absolute atomic E-state index is 12.8. The molecular formula is C20H22N4O. The van der Waals surface area contributed by atoms with E-state index in [1.807, 2.05) is 55.3 Å². The second-order valence-corrected chi connectivity index (χ2v) is 6.86. The number of imidazole rings is 1. The van der Waals surface area contributed by atoms with E-state index in [0.29, 0.717) is 5.92 Å². The van der Waals surface area contributed by atoms with Crippen LogP contribution in [0.15, 0.2) is 42.6 Å². The van der Waals surface area contributed by atoms with Crippen LogP contribution in [0.5, 0.6) is 0 Å². The maximum atomic E-state index is 12.8. The maximum Gasteiger partial charge on any atom is 0.254 e. The van der Waals surface area contributed by atoms with E-state index in [-0.39, 0.29) is 5.91 Å². The van der Waals surface area contributed by atoms with Gasteiger partial charge in [-0.05, 0) is 43.0 Å². The molecule has 0 bridgehead atoms. The Bertz CT molecular complexity index is 930. The molecule has 0 aliphatic carbocycles. The lowest BCUT2D eigenvalue weighted by atomic mass is 10.0. The van der Waals surface area contributed by atoms with Gasteiger partial charge in [0.15, 0.2) is 5.65 Å². The average Bonchev–Trinajstić information content (AvgIpc) is 3.21. The molecule has 1 aromatic carbocycles. The highest BCUT2D eigenvalue weighted by Gasteiger charge is 2.28. The first-order valence-corrected chi connectivity index (χ1v) is 8.74. The Morgan fingerprint density at radius 3 is 2.88 bits per heavy atom. The van der Waals surface area contributed by atoms with Crippen LogP contribution in [0.25, 0.3) is 11.2 Å². The summed E-state index contributed by atoms with van der Waals surface area (Å²) in [6.45, 7) is 3.61. The van der Waals surface area contributed by atoms with E-state index in [1.54, 1.807) is 6.20 Å². The molecule has 3 aromatic rings. The van der Waals surface area contributed by atoms with Gasteiger partial charge in [-0.25, -0.2) is 9.97 Å². The zero-order valence-electron chi connectivity index (χ0n) is 14.6. The molecule has 1 aliphatic heterocycles. The number of hydrogen-bond donors (Lipinski definition) is 0. The Kier molecular flexibility index (Phi) is 3.99. The van der Waals surface area contributed by atoms with Crippen LogP contribution in [-0.2, 0) is 13.5 Å². The first-order chi connectivity index (χ1) is 12.1. The molecular weight excluding hydrogens is 312 g/mol. The fourth-order valence-electron chi connectivity index (χ4n) is 3.68. The van der Waals surface area contributed by atoms with Crippen LogP contribution in [0.2, 0.25) is 0 Å². The average molecular weight is 334 g/mol. The van der Waals surface area contributed by atoms with Crippen LogP contribution < -0.4 is 0 Å². The lowest BCUT2D eigenvalue weighted by molar-refractivity contribution is 0.0786. The molecule has 0 spiro atoms. The molecule has 0 radical (unpaired) electrons. The van der Waals surface area contributed by atoms with Crippen molar-refractivity contribution in [1.82, 2.24) is 19.4 Å². The fourth-order valence-corrected chi connectivity index (χ4v) is 3.68. The SMILES string of the molecule is Cc1ccccc1C(=O)N1CCC(Cc2nc3cccnc3n2C)C1. The van der Waals surface area contributed by atoms with Crippen molar-refractivity contribution in [2.24, 2.45) is 13.0 Å². The fraction of sp³-hybridized carbons (Fsp3) is 0.350. The number of benzene rings is 1. The van der Waals surface area contributed by atoms with Crippen molar-refractivity contribution < 1.29 is 4.79 Å². The van der Waals surface area contributed by atoms with E-state index in [9.17, 15) is 4.79 Å². The van der Waals surface area contributed by atoms with Crippen molar-refractivity contribution in [2.45, 2.75) is 19.8 Å². The number of fused-ring (bicyclic) bond motifs is 1. The number of rotatable bonds is 3. The van der Waals surface area contributed by atoms with Gasteiger partial charge in [-0.1, -0.05) is 18.2 Å². The van der Waals surface area contributed by atoms with Gasteiger partial charge in [-0.2, -0.15) is 0 Å². The molecule has 2 aromatic heterocycles. The third kappa shape index (κ3) is 2.90.